The molecule has 16 heavy (non-hydrogen) atoms. The Morgan fingerprint density at radius 2 is 2.06 bits per heavy atom. The maximum atomic E-state index is 12.1. The van der Waals surface area contributed by atoms with E-state index in [1.807, 2.05) is 13.8 Å². The molecule has 0 unspecified atom stereocenters. The molecule has 0 aliphatic heterocycles. The van der Waals surface area contributed by atoms with Crippen molar-refractivity contribution in [3.05, 3.63) is 17.5 Å². The fourth-order valence-electron chi connectivity index (χ4n) is 1.36. The van der Waals surface area contributed by atoms with E-state index < -0.39 is 10.0 Å². The van der Waals surface area contributed by atoms with Crippen LogP contribution in [0.5, 0.6) is 0 Å². The number of halogens is 1. The van der Waals surface area contributed by atoms with Crippen molar-refractivity contribution in [3.8, 4) is 0 Å². The largest absolute Gasteiger partial charge is 0.250 e. The van der Waals surface area contributed by atoms with Crippen molar-refractivity contribution in [1.29, 1.82) is 0 Å². The van der Waals surface area contributed by atoms with E-state index in [9.17, 15) is 8.42 Å². The van der Waals surface area contributed by atoms with Crippen molar-refractivity contribution in [2.45, 2.75) is 36.4 Å². The summed E-state index contributed by atoms with van der Waals surface area (Å²) in [4.78, 5) is 0. The summed E-state index contributed by atoms with van der Waals surface area (Å²) in [6, 6.07) is 3.37. The van der Waals surface area contributed by atoms with Gasteiger partial charge < -0.3 is 0 Å². The van der Waals surface area contributed by atoms with Crippen molar-refractivity contribution in [1.82, 2.24) is 4.72 Å². The number of sulfonamides is 1. The first-order valence-corrected chi connectivity index (χ1v) is 8.61. The van der Waals surface area contributed by atoms with Crippen LogP contribution >= 0.6 is 27.3 Å². The van der Waals surface area contributed by atoms with Gasteiger partial charge in [0.1, 0.15) is 4.21 Å². The third-order valence-corrected chi connectivity index (χ3v) is 6.77. The van der Waals surface area contributed by atoms with E-state index in [4.69, 9.17) is 0 Å². The fourth-order valence-corrected chi connectivity index (χ4v) is 5.02. The molecule has 0 spiro atoms. The Balaban J connectivity index is 2.96. The van der Waals surface area contributed by atoms with Crippen LogP contribution in [0.2, 0.25) is 0 Å². The normalized spacial score (nSPS) is 12.9. The van der Waals surface area contributed by atoms with Gasteiger partial charge in [0, 0.05) is 10.9 Å². The lowest BCUT2D eigenvalue weighted by atomic mass is 9.97. The summed E-state index contributed by atoms with van der Waals surface area (Å²) in [7, 11) is -3.37. The van der Waals surface area contributed by atoms with E-state index >= 15 is 0 Å². The Morgan fingerprint density at radius 3 is 2.44 bits per heavy atom. The Kier molecular flexibility index (Phi) is 4.97. The second kappa shape index (κ2) is 5.62. The Bertz CT molecular complexity index is 402. The minimum atomic E-state index is -3.37. The average Bonchev–Trinajstić information content (AvgIpc) is 2.80. The summed E-state index contributed by atoms with van der Waals surface area (Å²) in [6.07, 6.45) is 1.53. The van der Waals surface area contributed by atoms with Crippen LogP contribution in [-0.2, 0) is 10.0 Å². The molecule has 1 aromatic rings. The van der Waals surface area contributed by atoms with Crippen LogP contribution in [0.25, 0.3) is 0 Å². The number of thiophene rings is 1. The summed E-state index contributed by atoms with van der Waals surface area (Å²) < 4.78 is 27.3. The van der Waals surface area contributed by atoms with Crippen LogP contribution in [-0.4, -0.2) is 19.3 Å². The molecule has 3 nitrogen and oxygen atoms in total. The number of hydrogen-bond donors (Lipinski definition) is 1. The topological polar surface area (TPSA) is 46.2 Å². The molecular weight excluding hydrogens is 310 g/mol. The van der Waals surface area contributed by atoms with Crippen LogP contribution in [0.15, 0.2) is 21.7 Å². The second-order valence-corrected chi connectivity index (χ2v) is 7.08. The van der Waals surface area contributed by atoms with Crippen molar-refractivity contribution in [3.63, 3.8) is 0 Å². The third-order valence-electron chi connectivity index (χ3n) is 2.72. The highest BCUT2D eigenvalue weighted by Crippen LogP contribution is 2.23. The van der Waals surface area contributed by atoms with Gasteiger partial charge in [-0.3, -0.25) is 0 Å². The molecule has 0 aliphatic rings. The van der Waals surface area contributed by atoms with Gasteiger partial charge in [-0.25, -0.2) is 13.1 Å². The Labute approximate surface area is 109 Å². The highest BCUT2D eigenvalue weighted by atomic mass is 79.9. The molecule has 0 saturated heterocycles. The minimum Gasteiger partial charge on any atom is -0.206 e. The van der Waals surface area contributed by atoms with Gasteiger partial charge in [-0.05, 0) is 24.3 Å². The summed E-state index contributed by atoms with van der Waals surface area (Å²) in [5.41, 5.74) is -0.386. The first kappa shape index (κ1) is 14.2. The van der Waals surface area contributed by atoms with Crippen LogP contribution in [0.4, 0.5) is 0 Å². The molecule has 0 fully saturated rings. The summed E-state index contributed by atoms with van der Waals surface area (Å²) in [6.45, 7) is 3.98. The lowest BCUT2D eigenvalue weighted by molar-refractivity contribution is 0.399. The van der Waals surface area contributed by atoms with Crippen molar-refractivity contribution in [2.75, 3.05) is 5.33 Å². The first-order chi connectivity index (χ1) is 7.49. The van der Waals surface area contributed by atoms with Crippen molar-refractivity contribution >= 4 is 37.3 Å². The van der Waals surface area contributed by atoms with Gasteiger partial charge in [0.15, 0.2) is 0 Å². The zero-order valence-corrected chi connectivity index (χ0v) is 12.6. The molecule has 0 amide bonds. The van der Waals surface area contributed by atoms with E-state index in [1.165, 1.54) is 11.3 Å². The summed E-state index contributed by atoms with van der Waals surface area (Å²) in [5.74, 6) is 0. The van der Waals surface area contributed by atoms with E-state index in [1.54, 1.807) is 17.5 Å². The van der Waals surface area contributed by atoms with Gasteiger partial charge in [0.25, 0.3) is 10.0 Å². The van der Waals surface area contributed by atoms with E-state index in [2.05, 4.69) is 20.7 Å². The first-order valence-electron chi connectivity index (χ1n) is 5.13. The van der Waals surface area contributed by atoms with Gasteiger partial charge in [-0.15, -0.1) is 11.3 Å². The molecule has 92 valence electrons. The van der Waals surface area contributed by atoms with Crippen LogP contribution < -0.4 is 4.72 Å². The zero-order chi connectivity index (χ0) is 12.2. The molecule has 0 saturated carbocycles. The minimum absolute atomic E-state index is 0.375. The van der Waals surface area contributed by atoms with Crippen molar-refractivity contribution in [2.24, 2.45) is 0 Å². The van der Waals surface area contributed by atoms with Crippen molar-refractivity contribution < 1.29 is 8.42 Å². The maximum absolute atomic E-state index is 12.1. The Morgan fingerprint density at radius 1 is 1.44 bits per heavy atom. The van der Waals surface area contributed by atoms with Gasteiger partial charge >= 0.3 is 0 Å². The van der Waals surface area contributed by atoms with Gasteiger partial charge in [0.2, 0.25) is 0 Å². The highest BCUT2D eigenvalue weighted by molar-refractivity contribution is 9.09. The number of alkyl halides is 1. The van der Waals surface area contributed by atoms with E-state index in [0.29, 0.717) is 9.54 Å². The summed E-state index contributed by atoms with van der Waals surface area (Å²) in [5, 5.41) is 2.39. The average molecular weight is 326 g/mol. The highest BCUT2D eigenvalue weighted by Gasteiger charge is 2.31. The molecule has 0 aliphatic carbocycles. The smallest absolute Gasteiger partial charge is 0.206 e. The maximum Gasteiger partial charge on any atom is 0.250 e. The molecule has 0 bridgehead atoms. The van der Waals surface area contributed by atoms with Crippen LogP contribution in [0.1, 0.15) is 26.7 Å². The molecule has 1 N–H and O–H groups in total. The van der Waals surface area contributed by atoms with Gasteiger partial charge in [0.05, 0.1) is 0 Å². The number of rotatable bonds is 6. The summed E-state index contributed by atoms with van der Waals surface area (Å²) >= 11 is 4.62. The van der Waals surface area contributed by atoms with E-state index in [-0.39, 0.29) is 5.54 Å². The lowest BCUT2D eigenvalue weighted by Gasteiger charge is -2.30. The molecule has 6 heteroatoms. The van der Waals surface area contributed by atoms with Crippen LogP contribution in [0.3, 0.4) is 0 Å². The molecule has 1 rings (SSSR count). The molecule has 0 radical (unpaired) electrons. The quantitative estimate of drug-likeness (QED) is 0.817. The molecule has 0 aromatic carbocycles. The molecule has 1 heterocycles. The second-order valence-electron chi connectivity index (χ2n) is 3.66. The van der Waals surface area contributed by atoms with Gasteiger partial charge in [-0.2, -0.15) is 0 Å². The predicted octanol–water partition coefficient (Wildman–Crippen LogP) is 2.98. The fraction of sp³-hybridized carbons (Fsp3) is 0.600. The van der Waals surface area contributed by atoms with E-state index in [0.717, 1.165) is 12.8 Å². The molecular formula is C10H16BrNO2S2. The number of nitrogens with one attached hydrogen (secondary N) is 1. The third kappa shape index (κ3) is 3.06. The lowest BCUT2D eigenvalue weighted by Crippen LogP contribution is -2.48. The van der Waals surface area contributed by atoms with Gasteiger partial charge in [-0.1, -0.05) is 35.8 Å². The predicted molar refractivity (Wildman–Crippen MR) is 71.7 cm³/mol. The zero-order valence-electron chi connectivity index (χ0n) is 9.36. The monoisotopic (exact) mass is 325 g/mol. The van der Waals surface area contributed by atoms with Crippen LogP contribution in [0, 0.1) is 0 Å². The SMILES string of the molecule is CCC(CC)(CBr)NS(=O)(=O)c1cccs1. The number of hydrogen-bond acceptors (Lipinski definition) is 3. The Hall–Kier alpha value is 0.0900. The molecule has 1 aromatic heterocycles. The molecule has 0 atom stereocenters. The standard InChI is InChI=1S/C10H16BrNO2S2/c1-3-10(4-2,8-11)12-16(13,14)9-6-5-7-15-9/h5-7,12H,3-4,8H2,1-2H3.